The number of carboxylic acid groups (broad SMARTS) is 1. The van der Waals surface area contributed by atoms with Crippen molar-refractivity contribution < 1.29 is 9.90 Å². The van der Waals surface area contributed by atoms with Crippen LogP contribution < -0.4 is 11.1 Å². The van der Waals surface area contributed by atoms with Crippen molar-refractivity contribution in [3.63, 3.8) is 0 Å². The lowest BCUT2D eigenvalue weighted by Gasteiger charge is -2.10. The number of nitrogens with two attached hydrogens (primary N) is 1. The molecule has 4 N–H and O–H groups in total. The maximum atomic E-state index is 11.0. The van der Waals surface area contributed by atoms with Crippen molar-refractivity contribution in [1.82, 2.24) is 0 Å². The van der Waals surface area contributed by atoms with Crippen LogP contribution in [0.15, 0.2) is 18.2 Å². The number of hydrogen-bond acceptors (Lipinski definition) is 4. The van der Waals surface area contributed by atoms with Gasteiger partial charge in [0.15, 0.2) is 0 Å². The van der Waals surface area contributed by atoms with Crippen LogP contribution in [0.2, 0.25) is 0 Å². The molecule has 0 fully saturated rings. The lowest BCUT2D eigenvalue weighted by atomic mass is 10.1. The lowest BCUT2D eigenvalue weighted by molar-refractivity contribution is 0.0698. The van der Waals surface area contributed by atoms with Crippen LogP contribution >= 0.6 is 11.8 Å². The normalized spacial score (nSPS) is 10.2. The lowest BCUT2D eigenvalue weighted by Crippen LogP contribution is -2.08. The molecule has 0 amide bonds. The van der Waals surface area contributed by atoms with Gasteiger partial charge in [0, 0.05) is 17.9 Å². The highest BCUT2D eigenvalue weighted by atomic mass is 32.2. The van der Waals surface area contributed by atoms with Crippen molar-refractivity contribution in [1.29, 1.82) is 0 Å². The predicted molar refractivity (Wildman–Crippen MR) is 73.9 cm³/mol. The molecular weight excluding hydrogens is 236 g/mol. The zero-order valence-corrected chi connectivity index (χ0v) is 10.7. The van der Waals surface area contributed by atoms with Crippen LogP contribution in [-0.2, 0) is 0 Å². The third kappa shape index (κ3) is 4.56. The molecule has 1 rings (SSSR count). The Morgan fingerprint density at radius 1 is 1.47 bits per heavy atom. The topological polar surface area (TPSA) is 75.3 Å². The average molecular weight is 254 g/mol. The summed E-state index contributed by atoms with van der Waals surface area (Å²) >= 11 is 1.82. The molecular formula is C12H18N2O2S. The van der Waals surface area contributed by atoms with E-state index in [2.05, 4.69) is 11.6 Å². The van der Waals surface area contributed by atoms with Crippen molar-refractivity contribution in [2.45, 2.75) is 12.8 Å². The van der Waals surface area contributed by atoms with Gasteiger partial charge in [0.1, 0.15) is 0 Å². The second-order valence-corrected chi connectivity index (χ2v) is 4.72. The van der Waals surface area contributed by atoms with Crippen LogP contribution in [0.25, 0.3) is 0 Å². The highest BCUT2D eigenvalue weighted by Crippen LogP contribution is 2.19. The fourth-order valence-corrected chi connectivity index (χ4v) is 1.98. The third-order valence-corrected chi connectivity index (χ3v) is 3.06. The van der Waals surface area contributed by atoms with E-state index in [1.807, 2.05) is 11.8 Å². The Bertz CT molecular complexity index is 383. The standard InChI is InChI=1S/C12H18N2O2S/c1-17-7-3-2-6-14-11-5-4-9(13)8-10(11)12(15)16/h4-5,8,14H,2-3,6-7,13H2,1H3,(H,15,16). The smallest absolute Gasteiger partial charge is 0.337 e. The van der Waals surface area contributed by atoms with Crippen LogP contribution in [0, 0.1) is 0 Å². The Hall–Kier alpha value is -1.36. The van der Waals surface area contributed by atoms with E-state index < -0.39 is 5.97 Å². The highest BCUT2D eigenvalue weighted by molar-refractivity contribution is 7.98. The molecule has 0 saturated carbocycles. The number of hydrogen-bond donors (Lipinski definition) is 3. The Labute approximate surface area is 106 Å². The minimum absolute atomic E-state index is 0.231. The first-order chi connectivity index (χ1) is 8.15. The fourth-order valence-electron chi connectivity index (χ4n) is 1.49. The largest absolute Gasteiger partial charge is 0.478 e. The first-order valence-corrected chi connectivity index (χ1v) is 6.90. The van der Waals surface area contributed by atoms with Crippen LogP contribution in [0.5, 0.6) is 0 Å². The van der Waals surface area contributed by atoms with Crippen LogP contribution in [0.1, 0.15) is 23.2 Å². The van der Waals surface area contributed by atoms with Crippen molar-refractivity contribution in [3.05, 3.63) is 23.8 Å². The predicted octanol–water partition coefficient (Wildman–Crippen LogP) is 2.52. The van der Waals surface area contributed by atoms with E-state index in [9.17, 15) is 4.79 Å². The summed E-state index contributed by atoms with van der Waals surface area (Å²) in [7, 11) is 0. The highest BCUT2D eigenvalue weighted by Gasteiger charge is 2.09. The molecule has 0 saturated heterocycles. The quantitative estimate of drug-likeness (QED) is 0.515. The van der Waals surface area contributed by atoms with Gasteiger partial charge in [-0.15, -0.1) is 0 Å². The van der Waals surface area contributed by atoms with E-state index >= 15 is 0 Å². The van der Waals surface area contributed by atoms with Gasteiger partial charge in [-0.3, -0.25) is 0 Å². The van der Waals surface area contributed by atoms with E-state index in [4.69, 9.17) is 10.8 Å². The van der Waals surface area contributed by atoms with Gasteiger partial charge in [-0.2, -0.15) is 11.8 Å². The van der Waals surface area contributed by atoms with Gasteiger partial charge in [-0.1, -0.05) is 0 Å². The molecule has 0 aromatic heterocycles. The molecule has 0 aliphatic carbocycles. The molecule has 17 heavy (non-hydrogen) atoms. The zero-order valence-electron chi connectivity index (χ0n) is 9.90. The van der Waals surface area contributed by atoms with Gasteiger partial charge in [0.25, 0.3) is 0 Å². The number of aromatic carboxylic acids is 1. The van der Waals surface area contributed by atoms with E-state index in [1.54, 1.807) is 12.1 Å². The number of benzene rings is 1. The Kier molecular flexibility index (Phi) is 5.69. The molecule has 0 radical (unpaired) electrons. The average Bonchev–Trinajstić information content (AvgIpc) is 2.30. The molecule has 1 aromatic rings. The van der Waals surface area contributed by atoms with Crippen LogP contribution in [-0.4, -0.2) is 29.6 Å². The first kappa shape index (κ1) is 13.7. The van der Waals surface area contributed by atoms with Crippen molar-refractivity contribution in [3.8, 4) is 0 Å². The summed E-state index contributed by atoms with van der Waals surface area (Å²) in [6.45, 7) is 0.782. The van der Waals surface area contributed by atoms with E-state index in [1.165, 1.54) is 6.07 Å². The number of rotatable bonds is 7. The third-order valence-electron chi connectivity index (χ3n) is 2.36. The molecule has 0 heterocycles. The number of carboxylic acids is 1. The summed E-state index contributed by atoms with van der Waals surface area (Å²) in [5, 5.41) is 12.2. The molecule has 0 aliphatic rings. The number of carbonyl (C=O) groups is 1. The summed E-state index contributed by atoms with van der Waals surface area (Å²) < 4.78 is 0. The molecule has 94 valence electrons. The van der Waals surface area contributed by atoms with Gasteiger partial charge in [-0.05, 0) is 43.0 Å². The van der Waals surface area contributed by atoms with Gasteiger partial charge < -0.3 is 16.2 Å². The summed E-state index contributed by atoms with van der Waals surface area (Å²) in [6.07, 6.45) is 4.24. The minimum Gasteiger partial charge on any atom is -0.478 e. The maximum Gasteiger partial charge on any atom is 0.337 e. The molecule has 1 aromatic carbocycles. The van der Waals surface area contributed by atoms with Gasteiger partial charge in [0.2, 0.25) is 0 Å². The van der Waals surface area contributed by atoms with Crippen LogP contribution in [0.4, 0.5) is 11.4 Å². The van der Waals surface area contributed by atoms with Crippen LogP contribution in [0.3, 0.4) is 0 Å². The Morgan fingerprint density at radius 2 is 2.24 bits per heavy atom. The summed E-state index contributed by atoms with van der Waals surface area (Å²) in [5.74, 6) is 0.179. The number of unbranched alkanes of at least 4 members (excludes halogenated alkanes) is 1. The monoisotopic (exact) mass is 254 g/mol. The molecule has 0 bridgehead atoms. The molecule has 5 heteroatoms. The van der Waals surface area contributed by atoms with Gasteiger partial charge >= 0.3 is 5.97 Å². The molecule has 0 unspecified atom stereocenters. The number of anilines is 2. The van der Waals surface area contributed by atoms with Crippen molar-refractivity contribution in [2.24, 2.45) is 0 Å². The Balaban J connectivity index is 2.55. The van der Waals surface area contributed by atoms with Gasteiger partial charge in [0.05, 0.1) is 5.56 Å². The fraction of sp³-hybridized carbons (Fsp3) is 0.417. The molecule has 4 nitrogen and oxygen atoms in total. The Morgan fingerprint density at radius 3 is 2.88 bits per heavy atom. The van der Waals surface area contributed by atoms with E-state index in [0.717, 1.165) is 25.1 Å². The van der Waals surface area contributed by atoms with E-state index in [-0.39, 0.29) is 5.56 Å². The number of thioether (sulfide) groups is 1. The zero-order chi connectivity index (χ0) is 12.7. The summed E-state index contributed by atoms with van der Waals surface area (Å²) in [6, 6.07) is 4.90. The minimum atomic E-state index is -0.955. The van der Waals surface area contributed by atoms with Gasteiger partial charge in [-0.25, -0.2) is 4.79 Å². The second-order valence-electron chi connectivity index (χ2n) is 3.74. The maximum absolute atomic E-state index is 11.0. The van der Waals surface area contributed by atoms with Crippen molar-refractivity contribution >= 4 is 29.1 Å². The SMILES string of the molecule is CSCCCCNc1ccc(N)cc1C(=O)O. The molecule has 0 aliphatic heterocycles. The molecule has 0 spiro atoms. The first-order valence-electron chi connectivity index (χ1n) is 5.50. The number of nitrogens with one attached hydrogen (secondary N) is 1. The number of nitrogen functional groups attached to an aromatic ring is 1. The summed E-state index contributed by atoms with van der Waals surface area (Å²) in [5.41, 5.74) is 6.90. The second kappa shape index (κ2) is 7.06. The van der Waals surface area contributed by atoms with Crippen molar-refractivity contribution in [2.75, 3.05) is 29.6 Å². The van der Waals surface area contributed by atoms with E-state index in [0.29, 0.717) is 11.4 Å². The molecule has 0 atom stereocenters. The summed E-state index contributed by atoms with van der Waals surface area (Å²) in [4.78, 5) is 11.0.